The summed E-state index contributed by atoms with van der Waals surface area (Å²) in [5, 5.41) is 8.61. The molecular weight excluding hydrogens is 316 g/mol. The third kappa shape index (κ3) is 4.83. The lowest BCUT2D eigenvalue weighted by Gasteiger charge is -2.18. The Morgan fingerprint density at radius 2 is 1.95 bits per heavy atom. The van der Waals surface area contributed by atoms with Crippen LogP contribution in [-0.4, -0.2) is 38.0 Å². The second kappa shape index (κ2) is 6.58. The molecule has 21 heavy (non-hydrogen) atoms. The second-order valence-corrected chi connectivity index (χ2v) is 5.98. The van der Waals surface area contributed by atoms with Gasteiger partial charge < -0.3 is 5.11 Å². The van der Waals surface area contributed by atoms with Crippen molar-refractivity contribution in [2.24, 2.45) is 0 Å². The van der Waals surface area contributed by atoms with Gasteiger partial charge in [-0.1, -0.05) is 0 Å². The Labute approximate surface area is 119 Å². The predicted molar refractivity (Wildman–Crippen MR) is 68.3 cm³/mol. The minimum Gasteiger partial charge on any atom is -0.396 e. The zero-order valence-corrected chi connectivity index (χ0v) is 11.8. The third-order valence-corrected chi connectivity index (χ3v) is 4.06. The first kappa shape index (κ1) is 17.7. The highest BCUT2D eigenvalue weighted by atomic mass is 32.2. The molecule has 10 heteroatoms. The van der Waals surface area contributed by atoms with Crippen LogP contribution in [0.2, 0.25) is 0 Å². The summed E-state index contributed by atoms with van der Waals surface area (Å²) in [7, 11) is -3.05. The van der Waals surface area contributed by atoms with Crippen LogP contribution in [0.25, 0.3) is 0 Å². The van der Waals surface area contributed by atoms with Gasteiger partial charge in [0.1, 0.15) is 5.82 Å². The summed E-state index contributed by atoms with van der Waals surface area (Å²) in [4.78, 5) is 0. The fraction of sp³-hybridized carbons (Fsp3) is 0.455. The quantitative estimate of drug-likeness (QED) is 0.782. The fourth-order valence-electron chi connectivity index (χ4n) is 1.41. The van der Waals surface area contributed by atoms with Crippen LogP contribution in [0.3, 0.4) is 0 Å². The number of halogens is 4. The number of alkyl halides is 3. The highest BCUT2D eigenvalue weighted by Gasteiger charge is 2.31. The number of benzene rings is 1. The molecule has 120 valence electrons. The highest BCUT2D eigenvalue weighted by molar-refractivity contribution is 7.90. The summed E-state index contributed by atoms with van der Waals surface area (Å²) in [6, 6.07) is 1.43. The van der Waals surface area contributed by atoms with Crippen LogP contribution < -0.4 is 4.72 Å². The summed E-state index contributed by atoms with van der Waals surface area (Å²) in [6.45, 7) is -0.315. The smallest absolute Gasteiger partial charge is 0.396 e. The van der Waals surface area contributed by atoms with E-state index in [-0.39, 0.29) is 19.6 Å². The van der Waals surface area contributed by atoms with Crippen LogP contribution in [0.5, 0.6) is 0 Å². The first-order chi connectivity index (χ1) is 9.58. The lowest BCUT2D eigenvalue weighted by Crippen LogP contribution is -2.34. The van der Waals surface area contributed by atoms with Gasteiger partial charge in [-0.3, -0.25) is 4.72 Å². The number of hydrogen-bond donors (Lipinski definition) is 2. The number of aliphatic hydroxyl groups is 1. The Morgan fingerprint density at radius 3 is 2.48 bits per heavy atom. The number of rotatable bonds is 6. The average molecular weight is 330 g/mol. The molecule has 0 aliphatic rings. The molecule has 2 N–H and O–H groups in total. The molecular formula is C11H14F4N2O3S. The highest BCUT2D eigenvalue weighted by Crippen LogP contribution is 2.32. The van der Waals surface area contributed by atoms with Crippen LogP contribution in [-0.2, 0) is 16.4 Å². The van der Waals surface area contributed by atoms with E-state index in [0.717, 1.165) is 11.4 Å². The lowest BCUT2D eigenvalue weighted by molar-refractivity contribution is -0.137. The minimum atomic E-state index is -4.71. The van der Waals surface area contributed by atoms with Gasteiger partial charge in [0.2, 0.25) is 0 Å². The van der Waals surface area contributed by atoms with Crippen LogP contribution in [0.15, 0.2) is 18.2 Å². The Morgan fingerprint density at radius 1 is 1.33 bits per heavy atom. The molecule has 0 aliphatic heterocycles. The molecule has 1 aromatic carbocycles. The van der Waals surface area contributed by atoms with Crippen molar-refractivity contribution in [2.45, 2.75) is 12.6 Å². The molecule has 0 saturated carbocycles. The van der Waals surface area contributed by atoms with Crippen molar-refractivity contribution in [1.82, 2.24) is 4.31 Å². The van der Waals surface area contributed by atoms with Crippen LogP contribution in [0.1, 0.15) is 12.0 Å². The lowest BCUT2D eigenvalue weighted by atomic mass is 10.2. The third-order valence-electron chi connectivity index (χ3n) is 2.57. The zero-order chi connectivity index (χ0) is 16.3. The largest absolute Gasteiger partial charge is 0.416 e. The van der Waals surface area contributed by atoms with E-state index >= 15 is 0 Å². The number of nitrogens with zero attached hydrogens (tertiary/aromatic N) is 1. The molecule has 0 aliphatic carbocycles. The van der Waals surface area contributed by atoms with E-state index < -0.39 is 33.5 Å². The molecule has 0 fully saturated rings. The maximum Gasteiger partial charge on any atom is 0.416 e. The van der Waals surface area contributed by atoms with Crippen molar-refractivity contribution < 1.29 is 31.1 Å². The topological polar surface area (TPSA) is 69.6 Å². The van der Waals surface area contributed by atoms with Crippen LogP contribution in [0, 0.1) is 5.82 Å². The maximum absolute atomic E-state index is 13.5. The van der Waals surface area contributed by atoms with Crippen molar-refractivity contribution >= 4 is 15.9 Å². The molecule has 0 bridgehead atoms. The number of nitrogens with one attached hydrogen (secondary N) is 1. The summed E-state index contributed by atoms with van der Waals surface area (Å²) in [6.07, 6.45) is -4.57. The summed E-state index contributed by atoms with van der Waals surface area (Å²) >= 11 is 0. The van der Waals surface area contributed by atoms with Crippen molar-refractivity contribution in [3.05, 3.63) is 29.6 Å². The van der Waals surface area contributed by atoms with E-state index in [4.69, 9.17) is 5.11 Å². The van der Waals surface area contributed by atoms with Gasteiger partial charge in [0, 0.05) is 20.2 Å². The Hall–Kier alpha value is -1.39. The molecule has 0 atom stereocenters. The SMILES string of the molecule is CN(CCCO)S(=O)(=O)Nc1cc(C(F)(F)F)ccc1F. The molecule has 0 unspecified atom stereocenters. The van der Waals surface area contributed by atoms with Crippen molar-refractivity contribution in [1.29, 1.82) is 0 Å². The van der Waals surface area contributed by atoms with E-state index in [1.165, 1.54) is 0 Å². The van der Waals surface area contributed by atoms with Gasteiger partial charge in [-0.15, -0.1) is 0 Å². The summed E-state index contributed by atoms with van der Waals surface area (Å²) < 4.78 is 77.1. The normalized spacial score (nSPS) is 12.7. The molecule has 0 heterocycles. The van der Waals surface area contributed by atoms with Crippen LogP contribution in [0.4, 0.5) is 23.2 Å². The molecule has 0 amide bonds. The molecule has 5 nitrogen and oxygen atoms in total. The van der Waals surface area contributed by atoms with Gasteiger partial charge in [-0.2, -0.15) is 25.9 Å². The first-order valence-corrected chi connectivity index (χ1v) is 7.23. The summed E-state index contributed by atoms with van der Waals surface area (Å²) in [5.74, 6) is -1.12. The Bertz CT molecular complexity index is 590. The Balaban J connectivity index is 3.01. The maximum atomic E-state index is 13.5. The van der Waals surface area contributed by atoms with Gasteiger partial charge in [-0.05, 0) is 24.6 Å². The minimum absolute atomic E-state index is 0.0631. The summed E-state index contributed by atoms with van der Waals surface area (Å²) in [5.41, 5.74) is -1.96. The molecule has 0 spiro atoms. The number of anilines is 1. The van der Waals surface area contributed by atoms with Gasteiger partial charge >= 0.3 is 16.4 Å². The van der Waals surface area contributed by atoms with E-state index in [2.05, 4.69) is 0 Å². The molecule has 1 aromatic rings. The van der Waals surface area contributed by atoms with Crippen LogP contribution >= 0.6 is 0 Å². The van der Waals surface area contributed by atoms with Gasteiger partial charge in [-0.25, -0.2) is 4.39 Å². The van der Waals surface area contributed by atoms with E-state index in [9.17, 15) is 26.0 Å². The van der Waals surface area contributed by atoms with Gasteiger partial charge in [0.25, 0.3) is 0 Å². The first-order valence-electron chi connectivity index (χ1n) is 5.79. The zero-order valence-electron chi connectivity index (χ0n) is 11.0. The number of aliphatic hydroxyl groups excluding tert-OH is 1. The van der Waals surface area contributed by atoms with Gasteiger partial charge in [0.15, 0.2) is 0 Å². The molecule has 0 aromatic heterocycles. The monoisotopic (exact) mass is 330 g/mol. The second-order valence-electron chi connectivity index (χ2n) is 4.20. The number of hydrogen-bond acceptors (Lipinski definition) is 3. The van der Waals surface area contributed by atoms with Crippen molar-refractivity contribution in [3.8, 4) is 0 Å². The average Bonchev–Trinajstić information content (AvgIpc) is 2.36. The van der Waals surface area contributed by atoms with Crippen molar-refractivity contribution in [3.63, 3.8) is 0 Å². The molecule has 0 saturated heterocycles. The van der Waals surface area contributed by atoms with E-state index in [1.54, 1.807) is 4.72 Å². The van der Waals surface area contributed by atoms with Gasteiger partial charge in [0.05, 0.1) is 11.3 Å². The van der Waals surface area contributed by atoms with E-state index in [1.807, 2.05) is 0 Å². The molecule has 0 radical (unpaired) electrons. The Kier molecular flexibility index (Phi) is 5.54. The standard InChI is InChI=1S/C11H14F4N2O3S/c1-17(5-2-6-18)21(19,20)16-10-7-8(11(13,14)15)3-4-9(10)12/h3-4,7,16,18H,2,5-6H2,1H3. The fourth-order valence-corrected chi connectivity index (χ4v) is 2.37. The molecule has 1 rings (SSSR count). The van der Waals surface area contributed by atoms with E-state index in [0.29, 0.717) is 18.2 Å². The predicted octanol–water partition coefficient (Wildman–Crippen LogP) is 1.82. The van der Waals surface area contributed by atoms with Crippen molar-refractivity contribution in [2.75, 3.05) is 24.9 Å².